The van der Waals surface area contributed by atoms with E-state index in [1.165, 1.54) is 17.7 Å². The molecule has 110 valence electrons. The number of hydrogen-bond acceptors (Lipinski definition) is 4. The Hall–Kier alpha value is -2.56. The van der Waals surface area contributed by atoms with Crippen molar-refractivity contribution < 1.29 is 9.66 Å². The van der Waals surface area contributed by atoms with Crippen LogP contribution in [0.3, 0.4) is 0 Å². The van der Waals surface area contributed by atoms with Gasteiger partial charge in [0.2, 0.25) is 0 Å². The summed E-state index contributed by atoms with van der Waals surface area (Å²) in [7, 11) is 0. The Morgan fingerprint density at radius 2 is 1.90 bits per heavy atom. The highest BCUT2D eigenvalue weighted by Gasteiger charge is 2.13. The summed E-state index contributed by atoms with van der Waals surface area (Å²) in [5.74, 6) is 1.62. The van der Waals surface area contributed by atoms with E-state index in [4.69, 9.17) is 10.5 Å². The third kappa shape index (κ3) is 3.31. The zero-order valence-electron chi connectivity index (χ0n) is 12.3. The van der Waals surface area contributed by atoms with Crippen LogP contribution in [0.5, 0.6) is 11.5 Å². The van der Waals surface area contributed by atoms with E-state index in [1.807, 2.05) is 19.1 Å². The number of hydrogen-bond donors (Lipinski definition) is 1. The number of anilines is 1. The second-order valence-electron chi connectivity index (χ2n) is 5.26. The zero-order valence-corrected chi connectivity index (χ0v) is 12.3. The summed E-state index contributed by atoms with van der Waals surface area (Å²) in [6.45, 7) is 6.17. The molecule has 21 heavy (non-hydrogen) atoms. The fourth-order valence-corrected chi connectivity index (χ4v) is 1.98. The number of nitrogen functional groups attached to an aromatic ring is 1. The molecule has 5 heteroatoms. The number of aryl methyl sites for hydroxylation is 1. The van der Waals surface area contributed by atoms with Crippen molar-refractivity contribution in [1.82, 2.24) is 0 Å². The van der Waals surface area contributed by atoms with Gasteiger partial charge in [0.15, 0.2) is 0 Å². The van der Waals surface area contributed by atoms with E-state index in [2.05, 4.69) is 19.9 Å². The lowest BCUT2D eigenvalue weighted by Gasteiger charge is -2.13. The second kappa shape index (κ2) is 5.83. The largest absolute Gasteiger partial charge is 0.457 e. The molecule has 0 bridgehead atoms. The van der Waals surface area contributed by atoms with Crippen LogP contribution in [0.1, 0.15) is 30.9 Å². The van der Waals surface area contributed by atoms with Crippen LogP contribution >= 0.6 is 0 Å². The molecule has 5 nitrogen and oxygen atoms in total. The van der Waals surface area contributed by atoms with Crippen molar-refractivity contribution >= 4 is 11.4 Å². The molecule has 0 aliphatic rings. The first-order valence-electron chi connectivity index (χ1n) is 6.71. The number of ether oxygens (including phenoxy) is 1. The smallest absolute Gasteiger partial charge is 0.292 e. The van der Waals surface area contributed by atoms with Crippen LogP contribution in [0.15, 0.2) is 36.4 Å². The highest BCUT2D eigenvalue weighted by Crippen LogP contribution is 2.32. The van der Waals surface area contributed by atoms with E-state index in [0.29, 0.717) is 11.7 Å². The summed E-state index contributed by atoms with van der Waals surface area (Å²) in [5, 5.41) is 10.7. The molecule has 0 aliphatic carbocycles. The molecule has 0 fully saturated rings. The Balaban J connectivity index is 2.32. The van der Waals surface area contributed by atoms with Gasteiger partial charge in [0.1, 0.15) is 17.2 Å². The van der Waals surface area contributed by atoms with Crippen LogP contribution < -0.4 is 10.5 Å². The third-order valence-electron chi connectivity index (χ3n) is 3.30. The number of rotatable bonds is 4. The van der Waals surface area contributed by atoms with Gasteiger partial charge in [-0.25, -0.2) is 0 Å². The lowest BCUT2D eigenvalue weighted by molar-refractivity contribution is -0.383. The third-order valence-corrected chi connectivity index (χ3v) is 3.30. The van der Waals surface area contributed by atoms with E-state index < -0.39 is 4.92 Å². The number of nitro groups is 1. The summed E-state index contributed by atoms with van der Waals surface area (Å²) in [5.41, 5.74) is 7.82. The predicted octanol–water partition coefficient (Wildman–Crippen LogP) is 4.40. The van der Waals surface area contributed by atoms with Crippen molar-refractivity contribution in [3.8, 4) is 11.5 Å². The number of nitro benzene ring substituents is 1. The monoisotopic (exact) mass is 286 g/mol. The van der Waals surface area contributed by atoms with Gasteiger partial charge in [-0.3, -0.25) is 10.1 Å². The van der Waals surface area contributed by atoms with E-state index in [-0.39, 0.29) is 11.4 Å². The van der Waals surface area contributed by atoms with E-state index in [9.17, 15) is 10.1 Å². The van der Waals surface area contributed by atoms with Crippen LogP contribution in [0.2, 0.25) is 0 Å². The van der Waals surface area contributed by atoms with Crippen LogP contribution in [-0.4, -0.2) is 4.92 Å². The molecule has 0 unspecified atom stereocenters. The van der Waals surface area contributed by atoms with Crippen molar-refractivity contribution in [2.75, 3.05) is 5.73 Å². The Kier molecular flexibility index (Phi) is 4.12. The zero-order chi connectivity index (χ0) is 15.6. The maximum atomic E-state index is 10.7. The van der Waals surface area contributed by atoms with E-state index >= 15 is 0 Å². The standard InChI is InChI=1S/C16H18N2O3/c1-10(2)12-5-4-11(3)16(8-12)21-13-6-7-15(18(19)20)14(17)9-13/h4-10H,17H2,1-3H3. The highest BCUT2D eigenvalue weighted by molar-refractivity contribution is 5.61. The van der Waals surface area contributed by atoms with Crippen molar-refractivity contribution in [3.63, 3.8) is 0 Å². The molecular formula is C16H18N2O3. The average Bonchev–Trinajstić information content (AvgIpc) is 2.40. The first-order valence-corrected chi connectivity index (χ1v) is 6.71. The Morgan fingerprint density at radius 1 is 1.19 bits per heavy atom. The van der Waals surface area contributed by atoms with Gasteiger partial charge in [0.05, 0.1) is 4.92 Å². The van der Waals surface area contributed by atoms with Crippen molar-refractivity contribution in [2.45, 2.75) is 26.7 Å². The normalized spacial score (nSPS) is 10.7. The van der Waals surface area contributed by atoms with Gasteiger partial charge in [0.25, 0.3) is 5.69 Å². The van der Waals surface area contributed by atoms with Crippen molar-refractivity contribution in [2.24, 2.45) is 0 Å². The molecule has 0 aromatic heterocycles. The molecule has 0 amide bonds. The molecule has 0 radical (unpaired) electrons. The molecule has 0 spiro atoms. The fraction of sp³-hybridized carbons (Fsp3) is 0.250. The molecule has 2 N–H and O–H groups in total. The minimum absolute atomic E-state index is 0.0927. The Bertz CT molecular complexity index is 681. The molecule has 2 aromatic carbocycles. The minimum atomic E-state index is -0.510. The molecule has 0 saturated heterocycles. The summed E-state index contributed by atoms with van der Waals surface area (Å²) < 4.78 is 5.81. The van der Waals surface area contributed by atoms with Crippen LogP contribution in [0.25, 0.3) is 0 Å². The molecule has 0 aliphatic heterocycles. The first-order chi connectivity index (χ1) is 9.88. The first kappa shape index (κ1) is 14.8. The lowest BCUT2D eigenvalue weighted by Crippen LogP contribution is -1.97. The van der Waals surface area contributed by atoms with Gasteiger partial charge in [-0.15, -0.1) is 0 Å². The Labute approximate surface area is 123 Å². The van der Waals surface area contributed by atoms with E-state index in [0.717, 1.165) is 11.3 Å². The van der Waals surface area contributed by atoms with Crippen LogP contribution in [0, 0.1) is 17.0 Å². The SMILES string of the molecule is Cc1ccc(C(C)C)cc1Oc1ccc([N+](=O)[O-])c(N)c1. The predicted molar refractivity (Wildman–Crippen MR) is 82.9 cm³/mol. The maximum absolute atomic E-state index is 10.7. The van der Waals surface area contributed by atoms with Crippen LogP contribution in [0.4, 0.5) is 11.4 Å². The molecule has 0 heterocycles. The number of nitrogens with zero attached hydrogens (tertiary/aromatic N) is 1. The summed E-state index contributed by atoms with van der Waals surface area (Å²) >= 11 is 0. The topological polar surface area (TPSA) is 78.4 Å². The fourth-order valence-electron chi connectivity index (χ4n) is 1.98. The number of nitrogens with two attached hydrogens (primary N) is 1. The molecule has 2 aromatic rings. The Morgan fingerprint density at radius 3 is 2.48 bits per heavy atom. The molecular weight excluding hydrogens is 268 g/mol. The average molecular weight is 286 g/mol. The van der Waals surface area contributed by atoms with Crippen molar-refractivity contribution in [3.05, 3.63) is 57.6 Å². The van der Waals surface area contributed by atoms with Gasteiger partial charge < -0.3 is 10.5 Å². The molecule has 0 atom stereocenters. The minimum Gasteiger partial charge on any atom is -0.457 e. The second-order valence-corrected chi connectivity index (χ2v) is 5.26. The quantitative estimate of drug-likeness (QED) is 0.513. The summed E-state index contributed by atoms with van der Waals surface area (Å²) in [6.07, 6.45) is 0. The maximum Gasteiger partial charge on any atom is 0.292 e. The van der Waals surface area contributed by atoms with Gasteiger partial charge in [0, 0.05) is 12.1 Å². The van der Waals surface area contributed by atoms with Crippen LogP contribution in [-0.2, 0) is 0 Å². The van der Waals surface area contributed by atoms with Gasteiger partial charge in [-0.1, -0.05) is 26.0 Å². The molecule has 2 rings (SSSR count). The highest BCUT2D eigenvalue weighted by atomic mass is 16.6. The van der Waals surface area contributed by atoms with Gasteiger partial charge in [-0.05, 0) is 36.1 Å². The van der Waals surface area contributed by atoms with E-state index in [1.54, 1.807) is 6.07 Å². The summed E-state index contributed by atoms with van der Waals surface area (Å²) in [4.78, 5) is 10.2. The van der Waals surface area contributed by atoms with Crippen molar-refractivity contribution in [1.29, 1.82) is 0 Å². The lowest BCUT2D eigenvalue weighted by atomic mass is 10.0. The van der Waals surface area contributed by atoms with Gasteiger partial charge >= 0.3 is 0 Å². The number of benzene rings is 2. The van der Waals surface area contributed by atoms with Gasteiger partial charge in [-0.2, -0.15) is 0 Å². The molecule has 0 saturated carbocycles. The summed E-state index contributed by atoms with van der Waals surface area (Å²) in [6, 6.07) is 10.4.